The first-order chi connectivity index (χ1) is 16.8. The van der Waals surface area contributed by atoms with Crippen molar-refractivity contribution >= 4 is 37.7 Å². The Morgan fingerprint density at radius 2 is 1.83 bits per heavy atom. The number of hydrogen-bond donors (Lipinski definition) is 6. The molecule has 6 N–H and O–H groups in total. The van der Waals surface area contributed by atoms with E-state index in [1.165, 1.54) is 25.1 Å². The topological polar surface area (TPSA) is 200 Å². The van der Waals surface area contributed by atoms with E-state index in [2.05, 4.69) is 9.97 Å². The lowest BCUT2D eigenvalue weighted by Crippen LogP contribution is -2.35. The van der Waals surface area contributed by atoms with Gasteiger partial charge in [-0.05, 0) is 67.5 Å². The van der Waals surface area contributed by atoms with Crippen LogP contribution in [0.1, 0.15) is 44.3 Å². The molecule has 0 aliphatic heterocycles. The molecule has 0 saturated heterocycles. The minimum Gasteiger partial charge on any atom is -0.474 e. The molecule has 0 bridgehead atoms. The molecule has 2 aromatic rings. The molecular formula is C21H29ClN2O10P2. The standard InChI is InChI=1S/C21H29ClN2O10P2/c1-2-12(10-33-36(31,32)11-35(28,29)30)17(25)19(27)18(26)13-7-8-15-16(9-13)23-21(22)24-20(15)34-14-5-3-4-6-14/h2,7-9,14,17-19,25-27H,3-6,10-11H2,1H3,(H,31,32)(H2,28,29,30)/b12-2-/t17-,18+,19-/m1/s1. The monoisotopic (exact) mass is 566 g/mol. The van der Waals surface area contributed by atoms with E-state index >= 15 is 0 Å². The van der Waals surface area contributed by atoms with Gasteiger partial charge in [-0.2, -0.15) is 4.98 Å². The van der Waals surface area contributed by atoms with Gasteiger partial charge >= 0.3 is 15.2 Å². The third kappa shape index (κ3) is 7.79. The Morgan fingerprint density at radius 3 is 2.44 bits per heavy atom. The van der Waals surface area contributed by atoms with Crippen molar-refractivity contribution in [3.63, 3.8) is 0 Å². The maximum absolute atomic E-state index is 11.9. The quantitative estimate of drug-likeness (QED) is 0.132. The summed E-state index contributed by atoms with van der Waals surface area (Å²) < 4.78 is 33.6. The Bertz CT molecular complexity index is 1200. The number of halogens is 1. The van der Waals surface area contributed by atoms with Crippen molar-refractivity contribution in [2.75, 3.05) is 12.5 Å². The summed E-state index contributed by atoms with van der Waals surface area (Å²) >= 11 is 6.06. The molecule has 0 radical (unpaired) electrons. The van der Waals surface area contributed by atoms with E-state index in [1.807, 2.05) is 0 Å². The normalized spacial score (nSPS) is 19.7. The molecule has 1 fully saturated rings. The lowest BCUT2D eigenvalue weighted by atomic mass is 9.95. The van der Waals surface area contributed by atoms with Gasteiger partial charge in [0.1, 0.15) is 24.4 Å². The zero-order valence-electron chi connectivity index (χ0n) is 19.3. The Kier molecular flexibility index (Phi) is 9.68. The van der Waals surface area contributed by atoms with E-state index in [-0.39, 0.29) is 22.5 Å². The molecule has 1 aliphatic carbocycles. The summed E-state index contributed by atoms with van der Waals surface area (Å²) in [6, 6.07) is 4.59. The van der Waals surface area contributed by atoms with Gasteiger partial charge in [-0.15, -0.1) is 0 Å². The van der Waals surface area contributed by atoms with E-state index < -0.39 is 46.0 Å². The number of ether oxygens (including phenoxy) is 1. The van der Waals surface area contributed by atoms with Gasteiger partial charge in [0, 0.05) is 0 Å². The lowest BCUT2D eigenvalue weighted by Gasteiger charge is -2.26. The molecule has 200 valence electrons. The zero-order chi connectivity index (χ0) is 26.7. The van der Waals surface area contributed by atoms with Gasteiger partial charge in [-0.25, -0.2) is 4.98 Å². The van der Waals surface area contributed by atoms with Gasteiger partial charge in [0.2, 0.25) is 11.2 Å². The van der Waals surface area contributed by atoms with Crippen LogP contribution in [0.15, 0.2) is 29.8 Å². The fraction of sp³-hybridized carbons (Fsp3) is 0.524. The third-order valence-corrected chi connectivity index (χ3v) is 9.38. The summed E-state index contributed by atoms with van der Waals surface area (Å²) in [6.07, 6.45) is 0.140. The summed E-state index contributed by atoms with van der Waals surface area (Å²) in [5.41, 5.74) is 0.468. The van der Waals surface area contributed by atoms with E-state index in [9.17, 15) is 29.3 Å². The van der Waals surface area contributed by atoms with Gasteiger partial charge in [0.15, 0.2) is 5.90 Å². The number of hydrogen-bond acceptors (Lipinski definition) is 9. The van der Waals surface area contributed by atoms with Crippen LogP contribution in [-0.4, -0.2) is 70.8 Å². The molecular weight excluding hydrogens is 538 g/mol. The van der Waals surface area contributed by atoms with Gasteiger partial charge in [-0.1, -0.05) is 12.1 Å². The van der Waals surface area contributed by atoms with Crippen LogP contribution < -0.4 is 4.74 Å². The number of rotatable bonds is 11. The summed E-state index contributed by atoms with van der Waals surface area (Å²) in [7, 11) is -9.51. The predicted octanol–water partition coefficient (Wildman–Crippen LogP) is 2.64. The second-order valence-electron chi connectivity index (χ2n) is 8.56. The SMILES string of the molecule is C/C=C(/COP(=O)(O)CP(=O)(O)O)[C@@H](O)[C@@H](O)[C@@H](O)c1ccc2c(OC3CCCC3)nc(Cl)nc2c1. The first kappa shape index (κ1) is 29.1. The van der Waals surface area contributed by atoms with Crippen LogP contribution >= 0.6 is 26.8 Å². The summed E-state index contributed by atoms with van der Waals surface area (Å²) in [5, 5.41) is 32.4. The largest absolute Gasteiger partial charge is 0.474 e. The fourth-order valence-electron chi connectivity index (χ4n) is 3.91. The van der Waals surface area contributed by atoms with E-state index in [4.69, 9.17) is 30.6 Å². The molecule has 3 rings (SSSR count). The average Bonchev–Trinajstić information content (AvgIpc) is 3.29. The van der Waals surface area contributed by atoms with Gasteiger partial charge < -0.3 is 39.3 Å². The molecule has 36 heavy (non-hydrogen) atoms. The summed E-state index contributed by atoms with van der Waals surface area (Å²) in [5.74, 6) is -1.08. The van der Waals surface area contributed by atoms with Crippen LogP contribution in [-0.2, 0) is 13.7 Å². The highest BCUT2D eigenvalue weighted by molar-refractivity contribution is 7.70. The number of aliphatic hydroxyl groups is 3. The van der Waals surface area contributed by atoms with Crippen LogP contribution in [0.4, 0.5) is 0 Å². The Labute approximate surface area is 212 Å². The van der Waals surface area contributed by atoms with Crippen LogP contribution in [0.5, 0.6) is 5.88 Å². The van der Waals surface area contributed by atoms with Gasteiger partial charge in [0.25, 0.3) is 0 Å². The molecule has 1 aliphatic rings. The summed E-state index contributed by atoms with van der Waals surface area (Å²) in [4.78, 5) is 35.7. The van der Waals surface area contributed by atoms with Crippen molar-refractivity contribution in [1.29, 1.82) is 0 Å². The Hall–Kier alpha value is -1.43. The van der Waals surface area contributed by atoms with Crippen molar-refractivity contribution in [1.82, 2.24) is 9.97 Å². The molecule has 1 heterocycles. The molecule has 1 saturated carbocycles. The minimum atomic E-state index is -4.83. The Morgan fingerprint density at radius 1 is 1.17 bits per heavy atom. The molecule has 1 aromatic heterocycles. The smallest absolute Gasteiger partial charge is 0.340 e. The fourth-order valence-corrected chi connectivity index (χ4v) is 6.61. The maximum atomic E-state index is 11.9. The lowest BCUT2D eigenvalue weighted by molar-refractivity contribution is -0.0489. The second-order valence-corrected chi connectivity index (χ2v) is 12.9. The van der Waals surface area contributed by atoms with Crippen molar-refractivity contribution in [3.05, 3.63) is 40.7 Å². The molecule has 1 unspecified atom stereocenters. The second kappa shape index (κ2) is 12.0. The van der Waals surface area contributed by atoms with Crippen LogP contribution in [0.25, 0.3) is 10.9 Å². The maximum Gasteiger partial charge on any atom is 0.340 e. The molecule has 4 atom stereocenters. The van der Waals surface area contributed by atoms with Crippen molar-refractivity contribution in [3.8, 4) is 5.88 Å². The Balaban J connectivity index is 1.75. The van der Waals surface area contributed by atoms with E-state index in [0.717, 1.165) is 25.7 Å². The third-order valence-electron chi connectivity index (χ3n) is 5.77. The molecule has 1 aromatic carbocycles. The minimum absolute atomic E-state index is 0.0267. The number of aliphatic hydroxyl groups excluding tert-OH is 3. The highest BCUT2D eigenvalue weighted by Crippen LogP contribution is 2.55. The molecule has 15 heteroatoms. The first-order valence-electron chi connectivity index (χ1n) is 11.1. The van der Waals surface area contributed by atoms with Crippen LogP contribution in [0.3, 0.4) is 0 Å². The number of allylic oxidation sites excluding steroid dienone is 1. The zero-order valence-corrected chi connectivity index (χ0v) is 21.9. The number of fused-ring (bicyclic) bond motifs is 1. The molecule has 0 spiro atoms. The van der Waals surface area contributed by atoms with Gasteiger partial charge in [0.05, 0.1) is 17.5 Å². The summed E-state index contributed by atoms with van der Waals surface area (Å²) in [6.45, 7) is 0.741. The highest BCUT2D eigenvalue weighted by Gasteiger charge is 2.34. The average molecular weight is 567 g/mol. The van der Waals surface area contributed by atoms with Crippen molar-refractivity contribution in [2.24, 2.45) is 0 Å². The van der Waals surface area contributed by atoms with Gasteiger partial charge in [-0.3, -0.25) is 9.13 Å². The van der Waals surface area contributed by atoms with Crippen molar-refractivity contribution in [2.45, 2.75) is 57.0 Å². The predicted molar refractivity (Wildman–Crippen MR) is 131 cm³/mol. The van der Waals surface area contributed by atoms with Crippen LogP contribution in [0, 0.1) is 0 Å². The highest BCUT2D eigenvalue weighted by atomic mass is 35.5. The molecule has 0 amide bonds. The molecule has 12 nitrogen and oxygen atoms in total. The number of aromatic nitrogens is 2. The van der Waals surface area contributed by atoms with Crippen LogP contribution in [0.2, 0.25) is 5.28 Å². The first-order valence-corrected chi connectivity index (χ1v) is 15.1. The van der Waals surface area contributed by atoms with E-state index in [1.54, 1.807) is 6.07 Å². The number of nitrogens with zero attached hydrogens (tertiary/aromatic N) is 2. The van der Waals surface area contributed by atoms with E-state index in [0.29, 0.717) is 16.8 Å². The van der Waals surface area contributed by atoms with Crippen molar-refractivity contribution < 1.29 is 48.4 Å². The number of benzene rings is 1.